The number of hydrogen-bond acceptors (Lipinski definition) is 5. The highest BCUT2D eigenvalue weighted by molar-refractivity contribution is 6.30. The summed E-state index contributed by atoms with van der Waals surface area (Å²) < 4.78 is 7.17. The molecule has 0 atom stereocenters. The van der Waals surface area contributed by atoms with Gasteiger partial charge in [0.25, 0.3) is 11.7 Å². The molecule has 1 aromatic carbocycles. The largest absolute Gasteiger partial charge is 0.492 e. The van der Waals surface area contributed by atoms with Crippen molar-refractivity contribution in [2.75, 3.05) is 20.2 Å². The molecular weight excluding hydrogens is 342 g/mol. The summed E-state index contributed by atoms with van der Waals surface area (Å²) in [6.07, 6.45) is 0. The van der Waals surface area contributed by atoms with Crippen LogP contribution in [0.1, 0.15) is 22.0 Å². The molecule has 0 aliphatic carbocycles. The summed E-state index contributed by atoms with van der Waals surface area (Å²) in [5.74, 6) is 0.968. The Balaban J connectivity index is 1.64. The van der Waals surface area contributed by atoms with Gasteiger partial charge in [-0.25, -0.2) is 9.50 Å². The number of likely N-dealkylation sites (N-methyl/N-ethyl adjacent to an activating group) is 1. The quantitative estimate of drug-likeness (QED) is 0.700. The van der Waals surface area contributed by atoms with Crippen LogP contribution in [-0.4, -0.2) is 50.6 Å². The smallest absolute Gasteiger partial charge is 0.293 e. The fraction of sp³-hybridized carbons (Fsp3) is 0.294. The molecule has 2 heterocycles. The summed E-state index contributed by atoms with van der Waals surface area (Å²) >= 11 is 5.83. The average molecular weight is 360 g/mol. The number of aryl methyl sites for hydroxylation is 2. The lowest BCUT2D eigenvalue weighted by Gasteiger charge is -2.15. The van der Waals surface area contributed by atoms with Gasteiger partial charge in [-0.1, -0.05) is 11.6 Å². The third-order valence-electron chi connectivity index (χ3n) is 3.67. The summed E-state index contributed by atoms with van der Waals surface area (Å²) in [5.41, 5.74) is 1.71. The van der Waals surface area contributed by atoms with Gasteiger partial charge in [0.05, 0.1) is 6.54 Å². The van der Waals surface area contributed by atoms with Crippen LogP contribution >= 0.6 is 11.6 Å². The monoisotopic (exact) mass is 359 g/mol. The van der Waals surface area contributed by atoms with Gasteiger partial charge < -0.3 is 9.64 Å². The van der Waals surface area contributed by atoms with E-state index in [0.717, 1.165) is 11.4 Å². The van der Waals surface area contributed by atoms with Crippen molar-refractivity contribution in [1.82, 2.24) is 24.5 Å². The molecular formula is C17H18ClN5O2. The van der Waals surface area contributed by atoms with Gasteiger partial charge in [-0.2, -0.15) is 4.98 Å². The predicted molar refractivity (Wildman–Crippen MR) is 94.2 cm³/mol. The maximum atomic E-state index is 12.5. The molecule has 0 aliphatic rings. The molecule has 1 amide bonds. The lowest BCUT2D eigenvalue weighted by molar-refractivity contribution is 0.0762. The Morgan fingerprint density at radius 2 is 1.96 bits per heavy atom. The molecule has 8 heteroatoms. The van der Waals surface area contributed by atoms with Crippen LogP contribution in [0, 0.1) is 13.8 Å². The summed E-state index contributed by atoms with van der Waals surface area (Å²) in [6.45, 7) is 4.54. The Morgan fingerprint density at radius 3 is 2.68 bits per heavy atom. The number of carbonyl (C=O) groups excluding carboxylic acids is 1. The zero-order valence-corrected chi connectivity index (χ0v) is 15.0. The van der Waals surface area contributed by atoms with Crippen LogP contribution in [-0.2, 0) is 0 Å². The molecule has 130 valence electrons. The van der Waals surface area contributed by atoms with E-state index in [1.54, 1.807) is 35.8 Å². The Kier molecular flexibility index (Phi) is 4.85. The molecule has 3 rings (SSSR count). The summed E-state index contributed by atoms with van der Waals surface area (Å²) in [4.78, 5) is 22.5. The van der Waals surface area contributed by atoms with Crippen molar-refractivity contribution in [2.24, 2.45) is 0 Å². The van der Waals surface area contributed by atoms with Crippen LogP contribution in [0.4, 0.5) is 0 Å². The maximum Gasteiger partial charge on any atom is 0.293 e. The summed E-state index contributed by atoms with van der Waals surface area (Å²) in [5, 5.41) is 4.90. The summed E-state index contributed by atoms with van der Waals surface area (Å²) in [7, 11) is 1.69. The van der Waals surface area contributed by atoms with E-state index in [2.05, 4.69) is 15.1 Å². The van der Waals surface area contributed by atoms with Gasteiger partial charge in [-0.15, -0.1) is 5.10 Å². The highest BCUT2D eigenvalue weighted by atomic mass is 35.5. The first-order chi connectivity index (χ1) is 11.9. The van der Waals surface area contributed by atoms with E-state index in [9.17, 15) is 4.79 Å². The van der Waals surface area contributed by atoms with Crippen LogP contribution in [0.3, 0.4) is 0 Å². The molecule has 0 spiro atoms. The molecule has 25 heavy (non-hydrogen) atoms. The van der Waals surface area contributed by atoms with Gasteiger partial charge in [-0.05, 0) is 44.2 Å². The number of amides is 1. The number of fused-ring (bicyclic) bond motifs is 1. The van der Waals surface area contributed by atoms with Crippen LogP contribution in [0.25, 0.3) is 5.78 Å². The molecule has 2 aromatic heterocycles. The van der Waals surface area contributed by atoms with Crippen LogP contribution < -0.4 is 4.74 Å². The summed E-state index contributed by atoms with van der Waals surface area (Å²) in [6, 6.07) is 8.96. The molecule has 0 radical (unpaired) electrons. The van der Waals surface area contributed by atoms with Crippen LogP contribution in [0.5, 0.6) is 5.75 Å². The third-order valence-corrected chi connectivity index (χ3v) is 3.92. The molecule has 0 saturated heterocycles. The Morgan fingerprint density at radius 1 is 1.24 bits per heavy atom. The number of carbonyl (C=O) groups is 1. The van der Waals surface area contributed by atoms with E-state index >= 15 is 0 Å². The second-order valence-corrected chi connectivity index (χ2v) is 6.15. The first-order valence-corrected chi connectivity index (χ1v) is 8.16. The Bertz CT molecular complexity index is 907. The van der Waals surface area contributed by atoms with E-state index in [1.165, 1.54) is 4.90 Å². The number of rotatable bonds is 5. The normalized spacial score (nSPS) is 10.9. The van der Waals surface area contributed by atoms with Crippen LogP contribution in [0.15, 0.2) is 30.3 Å². The minimum Gasteiger partial charge on any atom is -0.492 e. The highest BCUT2D eigenvalue weighted by Crippen LogP contribution is 2.15. The predicted octanol–water partition coefficient (Wildman–Crippen LogP) is 2.55. The zero-order valence-electron chi connectivity index (χ0n) is 14.2. The number of halogens is 1. The number of benzene rings is 1. The van der Waals surface area contributed by atoms with Crippen molar-refractivity contribution in [1.29, 1.82) is 0 Å². The van der Waals surface area contributed by atoms with E-state index in [0.29, 0.717) is 29.7 Å². The minimum absolute atomic E-state index is 0.121. The molecule has 0 unspecified atom stereocenters. The van der Waals surface area contributed by atoms with Crippen LogP contribution in [0.2, 0.25) is 5.02 Å². The molecule has 0 fully saturated rings. The lowest BCUT2D eigenvalue weighted by Crippen LogP contribution is -2.31. The van der Waals surface area contributed by atoms with Crippen molar-refractivity contribution in [3.8, 4) is 5.75 Å². The SMILES string of the molecule is Cc1cc(C)n2nc(C(=O)N(C)CCOc3ccc(Cl)cc3)nc2n1. The third kappa shape index (κ3) is 3.88. The van der Waals surface area contributed by atoms with Gasteiger partial charge >= 0.3 is 0 Å². The second-order valence-electron chi connectivity index (χ2n) is 5.72. The van der Waals surface area contributed by atoms with Crippen molar-refractivity contribution < 1.29 is 9.53 Å². The number of nitrogens with zero attached hydrogens (tertiary/aromatic N) is 5. The van der Waals surface area contributed by atoms with Crippen molar-refractivity contribution >= 4 is 23.3 Å². The number of aromatic nitrogens is 4. The molecule has 0 saturated carbocycles. The molecule has 0 bridgehead atoms. The Labute approximate surface area is 150 Å². The van der Waals surface area contributed by atoms with Gasteiger partial charge in [0.1, 0.15) is 12.4 Å². The van der Waals surface area contributed by atoms with Crippen molar-refractivity contribution in [3.63, 3.8) is 0 Å². The second kappa shape index (κ2) is 7.06. The first-order valence-electron chi connectivity index (χ1n) is 7.79. The van der Waals surface area contributed by atoms with E-state index < -0.39 is 0 Å². The highest BCUT2D eigenvalue weighted by Gasteiger charge is 2.18. The zero-order chi connectivity index (χ0) is 18.0. The van der Waals surface area contributed by atoms with Gasteiger partial charge in [0.2, 0.25) is 5.82 Å². The van der Waals surface area contributed by atoms with Gasteiger partial charge in [0.15, 0.2) is 0 Å². The van der Waals surface area contributed by atoms with E-state index in [4.69, 9.17) is 16.3 Å². The molecule has 7 nitrogen and oxygen atoms in total. The van der Waals surface area contributed by atoms with E-state index in [1.807, 2.05) is 19.9 Å². The minimum atomic E-state index is -0.276. The van der Waals surface area contributed by atoms with Crippen molar-refractivity contribution in [3.05, 3.63) is 52.6 Å². The molecule has 0 aliphatic heterocycles. The first kappa shape index (κ1) is 17.2. The average Bonchev–Trinajstić information content (AvgIpc) is 3.00. The lowest BCUT2D eigenvalue weighted by atomic mass is 10.3. The number of ether oxygens (including phenoxy) is 1. The maximum absolute atomic E-state index is 12.5. The van der Waals surface area contributed by atoms with E-state index in [-0.39, 0.29) is 11.7 Å². The molecule has 3 aromatic rings. The van der Waals surface area contributed by atoms with Gasteiger partial charge in [-0.3, -0.25) is 4.79 Å². The van der Waals surface area contributed by atoms with Gasteiger partial charge in [0, 0.05) is 23.5 Å². The standard InChI is InChI=1S/C17H18ClN5O2/c1-11-10-12(2)23-17(19-11)20-15(21-23)16(24)22(3)8-9-25-14-6-4-13(18)5-7-14/h4-7,10H,8-9H2,1-3H3. The topological polar surface area (TPSA) is 72.6 Å². The number of hydrogen-bond donors (Lipinski definition) is 0. The Hall–Kier alpha value is -2.67. The fourth-order valence-corrected chi connectivity index (χ4v) is 2.49. The fourth-order valence-electron chi connectivity index (χ4n) is 2.36. The van der Waals surface area contributed by atoms with Crippen molar-refractivity contribution in [2.45, 2.75) is 13.8 Å². The molecule has 0 N–H and O–H groups in total.